The molecule has 0 spiro atoms. The van der Waals surface area contributed by atoms with Crippen LogP contribution in [0.5, 0.6) is 0 Å². The molecule has 0 aromatic rings. The van der Waals surface area contributed by atoms with E-state index in [2.05, 4.69) is 11.0 Å². The van der Waals surface area contributed by atoms with Crippen molar-refractivity contribution in [2.24, 2.45) is 5.41 Å². The van der Waals surface area contributed by atoms with E-state index < -0.39 is 41.3 Å². The summed E-state index contributed by atoms with van der Waals surface area (Å²) in [5, 5.41) is 37.9. The van der Waals surface area contributed by atoms with Gasteiger partial charge in [-0.05, 0) is 12.8 Å². The fourth-order valence-corrected chi connectivity index (χ4v) is 2.67. The molecule has 0 aromatic heterocycles. The number of carboxylic acids is 4. The van der Waals surface area contributed by atoms with Gasteiger partial charge in [0, 0.05) is 6.54 Å². The quantitative estimate of drug-likeness (QED) is 0.263. The summed E-state index contributed by atoms with van der Waals surface area (Å²) < 4.78 is 0. The maximum Gasteiger partial charge on any atom is 0.338 e. The van der Waals surface area contributed by atoms with E-state index in [0.717, 1.165) is 0 Å². The molecule has 0 saturated carbocycles. The fraction of sp³-hybridized carbons (Fsp3) is 0.667. The van der Waals surface area contributed by atoms with Crippen LogP contribution in [0.15, 0.2) is 0 Å². The Balaban J connectivity index is 3.51. The number of carbonyl (C=O) groups is 4. The van der Waals surface area contributed by atoms with Gasteiger partial charge in [-0.15, -0.1) is 0 Å². The molecule has 0 bridgehead atoms. The molecule has 1 heterocycles. The van der Waals surface area contributed by atoms with Crippen molar-refractivity contribution in [2.45, 2.75) is 37.6 Å². The van der Waals surface area contributed by atoms with Crippen LogP contribution in [-0.2, 0) is 19.2 Å². The van der Waals surface area contributed by atoms with Crippen LogP contribution in [0.1, 0.15) is 32.1 Å². The molecule has 0 radical (unpaired) electrons. The summed E-state index contributed by atoms with van der Waals surface area (Å²) in [7, 11) is 0. The summed E-state index contributed by atoms with van der Waals surface area (Å²) in [6.07, 6.45) is 1.12. The summed E-state index contributed by atoms with van der Waals surface area (Å²) >= 11 is 0. The van der Waals surface area contributed by atoms with Crippen LogP contribution in [0.25, 0.3) is 0 Å². The van der Waals surface area contributed by atoms with Crippen LogP contribution in [0.4, 0.5) is 0 Å². The van der Waals surface area contributed by atoms with Gasteiger partial charge >= 0.3 is 23.9 Å². The number of hydrazine groups is 3. The van der Waals surface area contributed by atoms with E-state index in [1.54, 1.807) is 0 Å². The highest BCUT2D eigenvalue weighted by Gasteiger charge is 2.71. The fourth-order valence-electron chi connectivity index (χ4n) is 2.67. The van der Waals surface area contributed by atoms with Gasteiger partial charge in [0.25, 0.3) is 5.54 Å². The molecule has 0 amide bonds. The van der Waals surface area contributed by atoms with Crippen molar-refractivity contribution in [3.05, 3.63) is 0 Å². The second-order valence-corrected chi connectivity index (χ2v) is 5.34. The van der Waals surface area contributed by atoms with E-state index in [4.69, 9.17) is 0 Å². The number of hydrogen-bond donors (Lipinski definition) is 8. The summed E-state index contributed by atoms with van der Waals surface area (Å²) in [6, 6.07) is 0. The van der Waals surface area contributed by atoms with Crippen molar-refractivity contribution in [1.82, 2.24) is 21.9 Å². The molecule has 24 heavy (non-hydrogen) atoms. The summed E-state index contributed by atoms with van der Waals surface area (Å²) in [6.45, 7) is 0.477. The van der Waals surface area contributed by atoms with Gasteiger partial charge in [0.15, 0.2) is 0 Å². The van der Waals surface area contributed by atoms with E-state index in [1.165, 1.54) is 0 Å². The zero-order valence-electron chi connectivity index (χ0n) is 12.7. The monoisotopic (exact) mass is 348 g/mol. The van der Waals surface area contributed by atoms with Crippen LogP contribution < -0.4 is 21.9 Å². The molecule has 136 valence electrons. The molecule has 1 saturated heterocycles. The minimum atomic E-state index is -3.35. The number of nitrogens with one attached hydrogen (secondary N) is 4. The topological polar surface area (TPSA) is 197 Å². The first-order valence-electron chi connectivity index (χ1n) is 7.17. The van der Waals surface area contributed by atoms with Crippen LogP contribution in [-0.4, -0.2) is 56.4 Å². The lowest BCUT2D eigenvalue weighted by Gasteiger charge is -2.39. The van der Waals surface area contributed by atoms with E-state index in [-0.39, 0.29) is 6.42 Å². The average Bonchev–Trinajstić information content (AvgIpc) is 2.46. The number of aliphatic carboxylic acids is 4. The van der Waals surface area contributed by atoms with Crippen LogP contribution in [0, 0.1) is 5.41 Å². The van der Waals surface area contributed by atoms with Crippen molar-refractivity contribution < 1.29 is 39.6 Å². The van der Waals surface area contributed by atoms with Crippen LogP contribution in [0.3, 0.4) is 0 Å². The predicted octanol–water partition coefficient (Wildman–Crippen LogP) is -1.88. The van der Waals surface area contributed by atoms with Gasteiger partial charge in [0.2, 0.25) is 5.41 Å². The maximum atomic E-state index is 11.7. The third-order valence-corrected chi connectivity index (χ3v) is 4.02. The van der Waals surface area contributed by atoms with E-state index >= 15 is 0 Å². The van der Waals surface area contributed by atoms with Gasteiger partial charge in [-0.2, -0.15) is 11.1 Å². The zero-order chi connectivity index (χ0) is 18.4. The van der Waals surface area contributed by atoms with E-state index in [9.17, 15) is 39.6 Å². The summed E-state index contributed by atoms with van der Waals surface area (Å²) in [4.78, 5) is 46.9. The minimum Gasteiger partial charge on any atom is -0.480 e. The largest absolute Gasteiger partial charge is 0.480 e. The SMILES string of the molecule is O=C(O)C1(C(=O)O)CCCCCCNNNNC1(C(=O)O)C(=O)O. The first-order chi connectivity index (χ1) is 11.2. The number of hydrogen-bond acceptors (Lipinski definition) is 8. The van der Waals surface area contributed by atoms with Gasteiger partial charge < -0.3 is 20.4 Å². The number of rotatable bonds is 4. The van der Waals surface area contributed by atoms with E-state index in [1.807, 2.05) is 11.0 Å². The first-order valence-corrected chi connectivity index (χ1v) is 7.17. The van der Waals surface area contributed by atoms with Crippen LogP contribution >= 0.6 is 0 Å². The molecule has 1 aliphatic rings. The third-order valence-electron chi connectivity index (χ3n) is 4.02. The minimum absolute atomic E-state index is 0.0377. The van der Waals surface area contributed by atoms with Crippen molar-refractivity contribution in [3.63, 3.8) is 0 Å². The Bertz CT molecular complexity index is 449. The van der Waals surface area contributed by atoms with Crippen LogP contribution in [0.2, 0.25) is 0 Å². The molecule has 0 aliphatic carbocycles. The molecular weight excluding hydrogens is 328 g/mol. The van der Waals surface area contributed by atoms with Gasteiger partial charge in [-0.1, -0.05) is 19.3 Å². The summed E-state index contributed by atoms with van der Waals surface area (Å²) in [5.74, 6) is -8.41. The Morgan fingerprint density at radius 3 is 1.75 bits per heavy atom. The number of carboxylic acid groups (broad SMARTS) is 4. The lowest BCUT2D eigenvalue weighted by Crippen LogP contribution is -2.77. The maximum absolute atomic E-state index is 11.7. The average molecular weight is 348 g/mol. The highest BCUT2D eigenvalue weighted by atomic mass is 16.4. The van der Waals surface area contributed by atoms with Gasteiger partial charge in [0.05, 0.1) is 0 Å². The molecule has 1 aliphatic heterocycles. The Morgan fingerprint density at radius 1 is 0.708 bits per heavy atom. The molecular formula is C12H20N4O8. The second kappa shape index (κ2) is 8.01. The first kappa shape index (κ1) is 19.8. The molecule has 12 nitrogen and oxygen atoms in total. The van der Waals surface area contributed by atoms with E-state index in [0.29, 0.717) is 25.8 Å². The zero-order valence-corrected chi connectivity index (χ0v) is 12.7. The summed E-state index contributed by atoms with van der Waals surface area (Å²) in [5.41, 5.74) is 2.23. The van der Waals surface area contributed by atoms with Gasteiger partial charge in [0.1, 0.15) is 0 Å². The molecule has 0 atom stereocenters. The Kier molecular flexibility index (Phi) is 6.60. The highest BCUT2D eigenvalue weighted by Crippen LogP contribution is 2.39. The normalized spacial score (nSPS) is 21.7. The van der Waals surface area contributed by atoms with Gasteiger partial charge in [-0.25, -0.2) is 20.4 Å². The molecule has 1 fully saturated rings. The lowest BCUT2D eigenvalue weighted by atomic mass is 9.66. The molecule has 0 unspecified atom stereocenters. The highest BCUT2D eigenvalue weighted by molar-refractivity contribution is 6.16. The Labute approximate surface area is 136 Å². The van der Waals surface area contributed by atoms with Crippen molar-refractivity contribution in [1.29, 1.82) is 0 Å². The molecule has 12 heteroatoms. The third kappa shape index (κ3) is 3.31. The molecule has 0 aromatic carbocycles. The smallest absolute Gasteiger partial charge is 0.338 e. The second-order valence-electron chi connectivity index (χ2n) is 5.34. The van der Waals surface area contributed by atoms with Gasteiger partial charge in [-0.3, -0.25) is 9.59 Å². The van der Waals surface area contributed by atoms with Crippen molar-refractivity contribution in [2.75, 3.05) is 6.54 Å². The van der Waals surface area contributed by atoms with Crippen molar-refractivity contribution in [3.8, 4) is 0 Å². The lowest BCUT2D eigenvalue weighted by molar-refractivity contribution is -0.190. The standard InChI is InChI=1S/C12H20N4O8/c17-7(18)11(8(19)20)5-3-1-2-4-6-13-15-16-14-12(11,9(21)22)10(23)24/h13-16H,1-6H2,(H,17,18)(H,19,20)(H,21,22)(H,23,24). The Morgan fingerprint density at radius 2 is 1.25 bits per heavy atom. The van der Waals surface area contributed by atoms with Crippen molar-refractivity contribution >= 4 is 23.9 Å². The predicted molar refractivity (Wildman–Crippen MR) is 76.2 cm³/mol. The molecule has 8 N–H and O–H groups in total. The molecule has 1 rings (SSSR count). The Hall–Kier alpha value is -2.28.